The Bertz CT molecular complexity index is 836. The van der Waals surface area contributed by atoms with Gasteiger partial charge in [-0.3, -0.25) is 9.69 Å². The van der Waals surface area contributed by atoms with Crippen LogP contribution in [0.2, 0.25) is 5.02 Å². The van der Waals surface area contributed by atoms with Crippen LogP contribution in [0.1, 0.15) is 49.3 Å². The first-order valence-corrected chi connectivity index (χ1v) is 10.7. The molecule has 0 spiro atoms. The first-order chi connectivity index (χ1) is 14.1. The van der Waals surface area contributed by atoms with Crippen LogP contribution >= 0.6 is 11.6 Å². The molecule has 2 aromatic rings. The molecule has 7 heteroatoms. The van der Waals surface area contributed by atoms with Gasteiger partial charge in [0.1, 0.15) is 12.1 Å². The number of hydrogen-bond acceptors (Lipinski definition) is 4. The molecule has 0 N–H and O–H groups in total. The second kappa shape index (κ2) is 9.18. The molecule has 0 radical (unpaired) electrons. The minimum atomic E-state index is -0.341. The zero-order valence-electron chi connectivity index (χ0n) is 16.4. The fraction of sp³-hybridized carbons (Fsp3) is 0.500. The van der Waals surface area contributed by atoms with E-state index in [4.69, 9.17) is 11.6 Å². The number of nitrogens with zero attached hydrogens (tertiary/aromatic N) is 4. The normalized spacial score (nSPS) is 19.9. The molecule has 4 rings (SSSR count). The highest BCUT2D eigenvalue weighted by Crippen LogP contribution is 2.32. The predicted octanol–water partition coefficient (Wildman–Crippen LogP) is 4.08. The van der Waals surface area contributed by atoms with Gasteiger partial charge < -0.3 is 4.90 Å². The van der Waals surface area contributed by atoms with E-state index in [0.717, 1.165) is 31.2 Å². The van der Waals surface area contributed by atoms with Crippen molar-refractivity contribution in [1.29, 1.82) is 0 Å². The summed E-state index contributed by atoms with van der Waals surface area (Å²) in [5, 5.41) is 0.372. The van der Waals surface area contributed by atoms with Gasteiger partial charge in [-0.2, -0.15) is 0 Å². The van der Waals surface area contributed by atoms with Crippen molar-refractivity contribution < 1.29 is 9.18 Å². The highest BCUT2D eigenvalue weighted by atomic mass is 35.5. The molecule has 1 aliphatic heterocycles. The van der Waals surface area contributed by atoms with E-state index in [-0.39, 0.29) is 17.8 Å². The highest BCUT2D eigenvalue weighted by Gasteiger charge is 2.32. The van der Waals surface area contributed by atoms with Gasteiger partial charge in [0.05, 0.1) is 6.04 Å². The molecule has 1 saturated heterocycles. The van der Waals surface area contributed by atoms with Crippen molar-refractivity contribution >= 4 is 17.5 Å². The lowest BCUT2D eigenvalue weighted by atomic mass is 9.88. The van der Waals surface area contributed by atoms with E-state index in [1.54, 1.807) is 24.5 Å². The molecule has 2 fully saturated rings. The van der Waals surface area contributed by atoms with Crippen molar-refractivity contribution in [3.8, 4) is 0 Å². The number of hydrogen-bond donors (Lipinski definition) is 0. The fourth-order valence-electron chi connectivity index (χ4n) is 4.57. The third kappa shape index (κ3) is 4.59. The van der Waals surface area contributed by atoms with Crippen LogP contribution < -0.4 is 0 Å². The lowest BCUT2D eigenvalue weighted by Gasteiger charge is -2.41. The molecule has 1 saturated carbocycles. The molecule has 1 unspecified atom stereocenters. The summed E-state index contributed by atoms with van der Waals surface area (Å²) in [5.41, 5.74) is 1.39. The Morgan fingerprint density at radius 2 is 1.76 bits per heavy atom. The van der Waals surface area contributed by atoms with Crippen LogP contribution in [-0.2, 0) is 4.79 Å². The monoisotopic (exact) mass is 416 g/mol. The van der Waals surface area contributed by atoms with Crippen LogP contribution in [0.15, 0.2) is 36.9 Å². The Morgan fingerprint density at radius 3 is 2.41 bits per heavy atom. The SMILES string of the molecule is O=C(C1CCCCC1)N1CCN(C(c2cncnc2)c2ccc(Cl)cc2F)CC1. The van der Waals surface area contributed by atoms with E-state index in [9.17, 15) is 9.18 Å². The summed E-state index contributed by atoms with van der Waals surface area (Å²) < 4.78 is 14.8. The summed E-state index contributed by atoms with van der Waals surface area (Å²) in [6.07, 6.45) is 10.5. The predicted molar refractivity (Wildman–Crippen MR) is 110 cm³/mol. The van der Waals surface area contributed by atoms with Crippen molar-refractivity contribution in [2.24, 2.45) is 5.92 Å². The van der Waals surface area contributed by atoms with Crippen LogP contribution in [0.3, 0.4) is 0 Å². The topological polar surface area (TPSA) is 49.3 Å². The number of halogens is 2. The molecule has 1 atom stereocenters. The zero-order valence-corrected chi connectivity index (χ0v) is 17.2. The van der Waals surface area contributed by atoms with Gasteiger partial charge in [-0.1, -0.05) is 36.9 Å². The minimum Gasteiger partial charge on any atom is -0.340 e. The number of benzene rings is 1. The molecule has 29 heavy (non-hydrogen) atoms. The lowest BCUT2D eigenvalue weighted by molar-refractivity contribution is -0.138. The smallest absolute Gasteiger partial charge is 0.225 e. The standard InChI is InChI=1S/C22H26ClFN4O/c23-18-6-7-19(20(24)12-18)21(17-13-25-15-26-14-17)27-8-10-28(11-9-27)22(29)16-4-2-1-3-5-16/h6-7,12-16,21H,1-5,8-11H2. The first-order valence-electron chi connectivity index (χ1n) is 10.4. The molecule has 154 valence electrons. The average molecular weight is 417 g/mol. The second-order valence-corrected chi connectivity index (χ2v) is 8.37. The highest BCUT2D eigenvalue weighted by molar-refractivity contribution is 6.30. The summed E-state index contributed by atoms with van der Waals surface area (Å²) in [6.45, 7) is 2.68. The number of carbonyl (C=O) groups excluding carboxylic acids is 1. The number of rotatable bonds is 4. The van der Waals surface area contributed by atoms with E-state index in [0.29, 0.717) is 42.7 Å². The third-order valence-corrected chi connectivity index (χ3v) is 6.33. The Morgan fingerprint density at radius 1 is 1.07 bits per heavy atom. The van der Waals surface area contributed by atoms with E-state index in [2.05, 4.69) is 14.9 Å². The Kier molecular flexibility index (Phi) is 6.40. The summed E-state index contributed by atoms with van der Waals surface area (Å²) in [4.78, 5) is 25.3. The first kappa shape index (κ1) is 20.2. The third-order valence-electron chi connectivity index (χ3n) is 6.10. The molecule has 1 aromatic carbocycles. The van der Waals surface area contributed by atoms with Crippen LogP contribution in [0.4, 0.5) is 4.39 Å². The molecule has 2 heterocycles. The summed E-state index contributed by atoms with van der Waals surface area (Å²) in [7, 11) is 0. The second-order valence-electron chi connectivity index (χ2n) is 7.94. The van der Waals surface area contributed by atoms with Gasteiger partial charge >= 0.3 is 0 Å². The number of piperazine rings is 1. The van der Waals surface area contributed by atoms with Crippen molar-refractivity contribution in [3.05, 3.63) is 58.9 Å². The van der Waals surface area contributed by atoms with Crippen LogP contribution in [0.5, 0.6) is 0 Å². The molecule has 0 bridgehead atoms. The van der Waals surface area contributed by atoms with Crippen molar-refractivity contribution in [1.82, 2.24) is 19.8 Å². The summed E-state index contributed by atoms with van der Waals surface area (Å²) in [6, 6.07) is 4.48. The summed E-state index contributed by atoms with van der Waals surface area (Å²) >= 11 is 5.96. The van der Waals surface area contributed by atoms with E-state index < -0.39 is 0 Å². The largest absolute Gasteiger partial charge is 0.340 e. The molecule has 1 aliphatic carbocycles. The van der Waals surface area contributed by atoms with Gasteiger partial charge in [0, 0.05) is 60.6 Å². The maximum Gasteiger partial charge on any atom is 0.225 e. The number of aromatic nitrogens is 2. The molecule has 1 aromatic heterocycles. The summed E-state index contributed by atoms with van der Waals surface area (Å²) in [5.74, 6) is 0.135. The van der Waals surface area contributed by atoms with Crippen molar-refractivity contribution in [2.75, 3.05) is 26.2 Å². The number of amides is 1. The van der Waals surface area contributed by atoms with Gasteiger partial charge in [0.2, 0.25) is 5.91 Å². The molecule has 1 amide bonds. The van der Waals surface area contributed by atoms with Crippen LogP contribution in [-0.4, -0.2) is 51.9 Å². The van der Waals surface area contributed by atoms with Gasteiger partial charge in [-0.25, -0.2) is 14.4 Å². The Hall–Kier alpha value is -2.05. The molecular formula is C22H26ClFN4O. The number of carbonyl (C=O) groups is 1. The maximum absolute atomic E-state index is 14.8. The van der Waals surface area contributed by atoms with Crippen molar-refractivity contribution in [2.45, 2.75) is 38.1 Å². The maximum atomic E-state index is 14.8. The minimum absolute atomic E-state index is 0.183. The van der Waals surface area contributed by atoms with Crippen molar-refractivity contribution in [3.63, 3.8) is 0 Å². The van der Waals surface area contributed by atoms with Gasteiger partial charge in [-0.05, 0) is 25.0 Å². The molecule has 2 aliphatic rings. The average Bonchev–Trinajstić information content (AvgIpc) is 2.77. The van der Waals surface area contributed by atoms with Crippen LogP contribution in [0.25, 0.3) is 0 Å². The van der Waals surface area contributed by atoms with E-state index in [1.165, 1.54) is 18.8 Å². The van der Waals surface area contributed by atoms with Gasteiger partial charge in [-0.15, -0.1) is 0 Å². The quantitative estimate of drug-likeness (QED) is 0.753. The van der Waals surface area contributed by atoms with Crippen LogP contribution in [0, 0.1) is 11.7 Å². The Balaban J connectivity index is 1.52. The van der Waals surface area contributed by atoms with Gasteiger partial charge in [0.15, 0.2) is 0 Å². The molecule has 5 nitrogen and oxygen atoms in total. The zero-order chi connectivity index (χ0) is 20.2. The lowest BCUT2D eigenvalue weighted by Crippen LogP contribution is -2.51. The van der Waals surface area contributed by atoms with E-state index in [1.807, 2.05) is 4.90 Å². The Labute approximate surface area is 175 Å². The van der Waals surface area contributed by atoms with Gasteiger partial charge in [0.25, 0.3) is 0 Å². The fourth-order valence-corrected chi connectivity index (χ4v) is 4.73. The molecular weight excluding hydrogens is 391 g/mol. The van der Waals surface area contributed by atoms with E-state index >= 15 is 0 Å².